The second kappa shape index (κ2) is 13.9. The number of carboxylic acids is 2. The summed E-state index contributed by atoms with van der Waals surface area (Å²) in [6, 6.07) is -4.68. The summed E-state index contributed by atoms with van der Waals surface area (Å²) >= 11 is 4.08. The number of hydrogen-bond acceptors (Lipinski definition) is 7. The van der Waals surface area contributed by atoms with Crippen molar-refractivity contribution in [2.24, 2.45) is 17.6 Å². The van der Waals surface area contributed by atoms with E-state index in [1.54, 1.807) is 20.8 Å². The van der Waals surface area contributed by atoms with Crippen molar-refractivity contribution in [2.45, 2.75) is 71.1 Å². The molecule has 6 atom stereocenters. The predicted molar refractivity (Wildman–Crippen MR) is 116 cm³/mol. The van der Waals surface area contributed by atoms with Crippen LogP contribution >= 0.6 is 12.6 Å². The molecule has 12 heteroatoms. The summed E-state index contributed by atoms with van der Waals surface area (Å²) in [5, 5.41) is 25.1. The van der Waals surface area contributed by atoms with E-state index in [0.29, 0.717) is 12.8 Å². The zero-order valence-electron chi connectivity index (χ0n) is 18.3. The van der Waals surface area contributed by atoms with Gasteiger partial charge >= 0.3 is 11.9 Å². The van der Waals surface area contributed by atoms with Crippen LogP contribution in [0.3, 0.4) is 0 Å². The fraction of sp³-hybridized carbons (Fsp3) is 0.737. The van der Waals surface area contributed by atoms with E-state index in [1.807, 2.05) is 6.92 Å². The standard InChI is InChI=1S/C19H34N4O7S/c1-5-9(3)14(20)17(27)22-12(8-31)16(26)23-15(10(4)6-2)18(28)21-11(19(29)30)7-13(24)25/h9-12,14-15,31H,5-8,20H2,1-4H3,(H,21,28)(H,22,27)(H,23,26)(H,24,25)(H,29,30). The molecule has 3 amide bonds. The summed E-state index contributed by atoms with van der Waals surface area (Å²) in [4.78, 5) is 59.7. The maximum atomic E-state index is 12.7. The van der Waals surface area contributed by atoms with Crippen molar-refractivity contribution < 1.29 is 34.2 Å². The van der Waals surface area contributed by atoms with E-state index in [-0.39, 0.29) is 11.7 Å². The van der Waals surface area contributed by atoms with Crippen LogP contribution in [0, 0.1) is 11.8 Å². The van der Waals surface area contributed by atoms with Gasteiger partial charge in [0, 0.05) is 5.75 Å². The molecule has 0 saturated carbocycles. The van der Waals surface area contributed by atoms with Crippen molar-refractivity contribution in [3.63, 3.8) is 0 Å². The Morgan fingerprint density at radius 1 is 0.839 bits per heavy atom. The summed E-state index contributed by atoms with van der Waals surface area (Å²) in [7, 11) is 0. The van der Waals surface area contributed by atoms with Crippen LogP contribution in [0.1, 0.15) is 47.0 Å². The lowest BCUT2D eigenvalue weighted by atomic mass is 9.97. The first kappa shape index (κ1) is 28.7. The van der Waals surface area contributed by atoms with E-state index in [4.69, 9.17) is 15.9 Å². The second-order valence-corrected chi connectivity index (χ2v) is 7.89. The first-order valence-corrected chi connectivity index (χ1v) is 10.7. The smallest absolute Gasteiger partial charge is 0.326 e. The highest BCUT2D eigenvalue weighted by atomic mass is 32.1. The molecule has 7 N–H and O–H groups in total. The normalized spacial score (nSPS) is 16.7. The van der Waals surface area contributed by atoms with Crippen molar-refractivity contribution >= 4 is 42.3 Å². The van der Waals surface area contributed by atoms with Gasteiger partial charge in [0.1, 0.15) is 18.1 Å². The van der Waals surface area contributed by atoms with Crippen LogP contribution in [0.15, 0.2) is 0 Å². The van der Waals surface area contributed by atoms with Crippen LogP contribution < -0.4 is 21.7 Å². The van der Waals surface area contributed by atoms with Gasteiger partial charge in [-0.3, -0.25) is 19.2 Å². The van der Waals surface area contributed by atoms with Gasteiger partial charge in [0.15, 0.2) is 0 Å². The topological polar surface area (TPSA) is 188 Å². The summed E-state index contributed by atoms with van der Waals surface area (Å²) < 4.78 is 0. The molecule has 0 aromatic carbocycles. The summed E-state index contributed by atoms with van der Waals surface area (Å²) in [5.41, 5.74) is 5.88. The molecule has 0 aliphatic rings. The highest BCUT2D eigenvalue weighted by Gasteiger charge is 2.33. The molecule has 0 bridgehead atoms. The fourth-order valence-electron chi connectivity index (χ4n) is 2.57. The van der Waals surface area contributed by atoms with Crippen molar-refractivity contribution in [1.29, 1.82) is 0 Å². The van der Waals surface area contributed by atoms with Crippen LogP contribution in [-0.4, -0.2) is 69.8 Å². The fourth-order valence-corrected chi connectivity index (χ4v) is 2.82. The van der Waals surface area contributed by atoms with Crippen molar-refractivity contribution in [2.75, 3.05) is 5.75 Å². The minimum absolute atomic E-state index is 0.0591. The molecular formula is C19H34N4O7S. The summed E-state index contributed by atoms with van der Waals surface area (Å²) in [6.07, 6.45) is 0.320. The lowest BCUT2D eigenvalue weighted by molar-refractivity contribution is -0.147. The molecule has 0 aromatic heterocycles. The minimum Gasteiger partial charge on any atom is -0.481 e. The van der Waals surface area contributed by atoms with Gasteiger partial charge in [-0.1, -0.05) is 40.5 Å². The Kier molecular flexibility index (Phi) is 12.8. The third-order valence-electron chi connectivity index (χ3n) is 5.16. The third-order valence-corrected chi connectivity index (χ3v) is 5.53. The molecule has 0 aliphatic heterocycles. The average Bonchev–Trinajstić information content (AvgIpc) is 2.72. The Morgan fingerprint density at radius 2 is 1.35 bits per heavy atom. The van der Waals surface area contributed by atoms with E-state index in [9.17, 15) is 24.0 Å². The number of aliphatic carboxylic acids is 2. The molecule has 31 heavy (non-hydrogen) atoms. The second-order valence-electron chi connectivity index (χ2n) is 7.52. The van der Waals surface area contributed by atoms with Crippen molar-refractivity contribution in [3.05, 3.63) is 0 Å². The van der Waals surface area contributed by atoms with Gasteiger partial charge in [0.2, 0.25) is 17.7 Å². The quantitative estimate of drug-likeness (QED) is 0.166. The zero-order valence-corrected chi connectivity index (χ0v) is 19.1. The van der Waals surface area contributed by atoms with Gasteiger partial charge in [-0.2, -0.15) is 12.6 Å². The van der Waals surface area contributed by atoms with Gasteiger partial charge in [0.25, 0.3) is 0 Å². The molecule has 0 saturated heterocycles. The average molecular weight is 463 g/mol. The highest BCUT2D eigenvalue weighted by Crippen LogP contribution is 2.10. The summed E-state index contributed by atoms with van der Waals surface area (Å²) in [6.45, 7) is 7.13. The molecule has 11 nitrogen and oxygen atoms in total. The maximum absolute atomic E-state index is 12.7. The Bertz CT molecular complexity index is 661. The molecule has 0 aliphatic carbocycles. The number of thiol groups is 1. The SMILES string of the molecule is CCC(C)C(N)C(=O)NC(CS)C(=O)NC(C(=O)NC(CC(=O)O)C(=O)O)C(C)CC. The van der Waals surface area contributed by atoms with Crippen LogP contribution in [0.2, 0.25) is 0 Å². The number of rotatable bonds is 14. The number of nitrogens with two attached hydrogens (primary N) is 1. The first-order chi connectivity index (χ1) is 14.4. The molecule has 0 heterocycles. The lowest BCUT2D eigenvalue weighted by Crippen LogP contribution is -2.59. The van der Waals surface area contributed by atoms with Crippen LogP contribution in [-0.2, 0) is 24.0 Å². The number of hydrogen-bond donors (Lipinski definition) is 7. The Hall–Kier alpha value is -2.34. The maximum Gasteiger partial charge on any atom is 0.326 e. The predicted octanol–water partition coefficient (Wildman–Crippen LogP) is -0.651. The number of amides is 3. The first-order valence-electron chi connectivity index (χ1n) is 10.1. The molecule has 6 unspecified atom stereocenters. The van der Waals surface area contributed by atoms with Gasteiger partial charge in [0.05, 0.1) is 12.5 Å². The van der Waals surface area contributed by atoms with E-state index >= 15 is 0 Å². The molecule has 0 rings (SSSR count). The third kappa shape index (κ3) is 9.55. The van der Waals surface area contributed by atoms with Crippen molar-refractivity contribution in [1.82, 2.24) is 16.0 Å². The molecule has 0 radical (unpaired) electrons. The van der Waals surface area contributed by atoms with E-state index in [2.05, 4.69) is 28.6 Å². The van der Waals surface area contributed by atoms with Crippen LogP contribution in [0.5, 0.6) is 0 Å². The number of carbonyl (C=O) groups excluding carboxylic acids is 3. The minimum atomic E-state index is -1.65. The number of carboxylic acid groups (broad SMARTS) is 2. The van der Waals surface area contributed by atoms with Gasteiger partial charge in [-0.15, -0.1) is 0 Å². The molecule has 0 aromatic rings. The number of nitrogens with one attached hydrogen (secondary N) is 3. The molecule has 0 spiro atoms. The molecular weight excluding hydrogens is 428 g/mol. The van der Waals surface area contributed by atoms with Gasteiger partial charge in [-0.05, 0) is 11.8 Å². The molecule has 0 fully saturated rings. The van der Waals surface area contributed by atoms with E-state index in [0.717, 1.165) is 0 Å². The Labute approximate surface area is 187 Å². The van der Waals surface area contributed by atoms with Crippen LogP contribution in [0.4, 0.5) is 0 Å². The monoisotopic (exact) mass is 462 g/mol. The number of carbonyl (C=O) groups is 5. The zero-order chi connectivity index (χ0) is 24.3. The van der Waals surface area contributed by atoms with Crippen LogP contribution in [0.25, 0.3) is 0 Å². The Morgan fingerprint density at radius 3 is 1.77 bits per heavy atom. The highest BCUT2D eigenvalue weighted by molar-refractivity contribution is 7.80. The van der Waals surface area contributed by atoms with E-state index in [1.165, 1.54) is 0 Å². The van der Waals surface area contributed by atoms with Gasteiger partial charge in [-0.25, -0.2) is 4.79 Å². The summed E-state index contributed by atoms with van der Waals surface area (Å²) in [5.74, 6) is -5.53. The Balaban J connectivity index is 5.37. The van der Waals surface area contributed by atoms with Crippen molar-refractivity contribution in [3.8, 4) is 0 Å². The van der Waals surface area contributed by atoms with Gasteiger partial charge < -0.3 is 31.9 Å². The largest absolute Gasteiger partial charge is 0.481 e. The lowest BCUT2D eigenvalue weighted by Gasteiger charge is -2.28. The van der Waals surface area contributed by atoms with E-state index < -0.39 is 66.2 Å². The molecule has 178 valence electrons.